The summed E-state index contributed by atoms with van der Waals surface area (Å²) in [5, 5.41) is 1.55. The first-order valence-corrected chi connectivity index (χ1v) is 5.21. The smallest absolute Gasteiger partial charge is 0.0490 e. The van der Waals surface area contributed by atoms with E-state index in [1.807, 2.05) is 18.2 Å². The van der Waals surface area contributed by atoms with Gasteiger partial charge in [-0.05, 0) is 11.1 Å². The zero-order valence-corrected chi connectivity index (χ0v) is 8.88. The van der Waals surface area contributed by atoms with Gasteiger partial charge in [-0.3, -0.25) is 0 Å². The molecular formula is C8H7BrCl2. The third-order valence-electron chi connectivity index (χ3n) is 1.45. The Hall–Kier alpha value is 0.280. The van der Waals surface area contributed by atoms with Crippen LogP contribution in [0.5, 0.6) is 0 Å². The van der Waals surface area contributed by atoms with E-state index in [1.54, 1.807) is 0 Å². The van der Waals surface area contributed by atoms with Crippen LogP contribution in [-0.2, 0) is 11.2 Å². The lowest BCUT2D eigenvalue weighted by Crippen LogP contribution is -1.85. The molecule has 60 valence electrons. The first kappa shape index (κ1) is 9.37. The zero-order valence-electron chi connectivity index (χ0n) is 5.78. The minimum atomic E-state index is 0.472. The van der Waals surface area contributed by atoms with E-state index in [-0.39, 0.29) is 0 Å². The van der Waals surface area contributed by atoms with Crippen LogP contribution in [0.2, 0.25) is 5.02 Å². The molecule has 0 spiro atoms. The van der Waals surface area contributed by atoms with Gasteiger partial charge in [0.2, 0.25) is 0 Å². The molecule has 0 unspecified atom stereocenters. The topological polar surface area (TPSA) is 0 Å². The molecule has 0 aliphatic rings. The molecule has 0 saturated heterocycles. The van der Waals surface area contributed by atoms with Crippen molar-refractivity contribution in [1.82, 2.24) is 0 Å². The maximum Gasteiger partial charge on any atom is 0.0490 e. The summed E-state index contributed by atoms with van der Waals surface area (Å²) >= 11 is 15.0. The van der Waals surface area contributed by atoms with E-state index in [9.17, 15) is 0 Å². The molecule has 0 fully saturated rings. The first-order valence-electron chi connectivity index (χ1n) is 3.17. The molecule has 0 heterocycles. The normalized spacial score (nSPS) is 10.1. The van der Waals surface area contributed by atoms with Gasteiger partial charge in [0.1, 0.15) is 0 Å². The van der Waals surface area contributed by atoms with E-state index >= 15 is 0 Å². The van der Waals surface area contributed by atoms with Crippen LogP contribution >= 0.6 is 39.1 Å². The van der Waals surface area contributed by atoms with E-state index in [4.69, 9.17) is 23.2 Å². The van der Waals surface area contributed by atoms with E-state index in [0.717, 1.165) is 21.5 Å². The maximum atomic E-state index is 5.99. The highest BCUT2D eigenvalue weighted by molar-refractivity contribution is 9.08. The number of hydrogen-bond donors (Lipinski definition) is 0. The first-order chi connectivity index (χ1) is 5.29. The lowest BCUT2D eigenvalue weighted by molar-refractivity contribution is 1.33. The van der Waals surface area contributed by atoms with Gasteiger partial charge in [0.05, 0.1) is 0 Å². The van der Waals surface area contributed by atoms with Crippen LogP contribution in [-0.4, -0.2) is 0 Å². The summed E-state index contributed by atoms with van der Waals surface area (Å²) in [7, 11) is 0. The maximum absolute atomic E-state index is 5.99. The predicted octanol–water partition coefficient (Wildman–Crippen LogP) is 3.97. The van der Waals surface area contributed by atoms with Crippen LogP contribution in [0.25, 0.3) is 0 Å². The van der Waals surface area contributed by atoms with Crippen LogP contribution in [0.15, 0.2) is 18.2 Å². The Balaban J connectivity index is 3.10. The molecular weight excluding hydrogens is 247 g/mol. The summed E-state index contributed by atoms with van der Waals surface area (Å²) in [6.45, 7) is 0. The minimum absolute atomic E-state index is 0.472. The molecule has 1 aromatic carbocycles. The Kier molecular flexibility index (Phi) is 3.70. The van der Waals surface area contributed by atoms with Gasteiger partial charge in [0.15, 0.2) is 0 Å². The molecule has 0 atom stereocenters. The number of hydrogen-bond acceptors (Lipinski definition) is 0. The van der Waals surface area contributed by atoms with Crippen LogP contribution < -0.4 is 0 Å². The lowest BCUT2D eigenvalue weighted by atomic mass is 10.2. The van der Waals surface area contributed by atoms with Crippen molar-refractivity contribution in [1.29, 1.82) is 0 Å². The molecule has 0 amide bonds. The van der Waals surface area contributed by atoms with Gasteiger partial charge in [-0.1, -0.05) is 45.7 Å². The SMILES string of the molecule is ClCc1cccc(CBr)c1Cl. The quantitative estimate of drug-likeness (QED) is 0.700. The fourth-order valence-corrected chi connectivity index (χ4v) is 2.02. The molecule has 0 nitrogen and oxygen atoms in total. The summed E-state index contributed by atoms with van der Waals surface area (Å²) in [5.74, 6) is 0.472. The van der Waals surface area contributed by atoms with Gasteiger partial charge in [-0.2, -0.15) is 0 Å². The number of rotatable bonds is 2. The Morgan fingerprint density at radius 3 is 2.45 bits per heavy atom. The van der Waals surface area contributed by atoms with Crippen molar-refractivity contribution < 1.29 is 0 Å². The van der Waals surface area contributed by atoms with Gasteiger partial charge in [-0.25, -0.2) is 0 Å². The molecule has 1 aromatic rings. The standard InChI is InChI=1S/C8H7BrCl2/c9-4-6-2-1-3-7(5-10)8(6)11/h1-3H,4-5H2. The molecule has 0 aliphatic heterocycles. The van der Waals surface area contributed by atoms with E-state index in [0.29, 0.717) is 5.88 Å². The minimum Gasteiger partial charge on any atom is -0.121 e. The molecule has 0 saturated carbocycles. The van der Waals surface area contributed by atoms with Crippen molar-refractivity contribution >= 4 is 39.1 Å². The molecule has 0 bridgehead atoms. The molecule has 0 aromatic heterocycles. The van der Waals surface area contributed by atoms with Crippen LogP contribution in [0.4, 0.5) is 0 Å². The number of alkyl halides is 2. The van der Waals surface area contributed by atoms with E-state index in [1.165, 1.54) is 0 Å². The van der Waals surface area contributed by atoms with Crippen molar-refractivity contribution in [3.05, 3.63) is 34.3 Å². The fourth-order valence-electron chi connectivity index (χ4n) is 0.839. The highest BCUT2D eigenvalue weighted by Gasteiger charge is 2.02. The number of halogens is 3. The fraction of sp³-hybridized carbons (Fsp3) is 0.250. The van der Waals surface area contributed by atoms with Crippen LogP contribution in [0.1, 0.15) is 11.1 Å². The summed E-state index contributed by atoms with van der Waals surface area (Å²) in [6, 6.07) is 5.87. The van der Waals surface area contributed by atoms with Crippen molar-refractivity contribution in [2.24, 2.45) is 0 Å². The summed E-state index contributed by atoms with van der Waals surface area (Å²) in [6.07, 6.45) is 0. The summed E-state index contributed by atoms with van der Waals surface area (Å²) in [4.78, 5) is 0. The molecule has 1 rings (SSSR count). The van der Waals surface area contributed by atoms with Gasteiger partial charge >= 0.3 is 0 Å². The Labute approximate surface area is 84.6 Å². The number of benzene rings is 1. The molecule has 3 heteroatoms. The Morgan fingerprint density at radius 1 is 1.27 bits per heavy atom. The second-order valence-electron chi connectivity index (χ2n) is 2.16. The highest BCUT2D eigenvalue weighted by Crippen LogP contribution is 2.24. The van der Waals surface area contributed by atoms with E-state index in [2.05, 4.69) is 15.9 Å². The van der Waals surface area contributed by atoms with Gasteiger partial charge in [-0.15, -0.1) is 11.6 Å². The monoisotopic (exact) mass is 252 g/mol. The van der Waals surface area contributed by atoms with Gasteiger partial charge in [0.25, 0.3) is 0 Å². The highest BCUT2D eigenvalue weighted by atomic mass is 79.9. The van der Waals surface area contributed by atoms with Crippen molar-refractivity contribution in [2.45, 2.75) is 11.2 Å². The van der Waals surface area contributed by atoms with Crippen molar-refractivity contribution in [3.63, 3.8) is 0 Å². The van der Waals surface area contributed by atoms with Crippen molar-refractivity contribution in [2.75, 3.05) is 0 Å². The van der Waals surface area contributed by atoms with Crippen molar-refractivity contribution in [3.8, 4) is 0 Å². The average molecular weight is 254 g/mol. The second-order valence-corrected chi connectivity index (χ2v) is 3.36. The lowest BCUT2D eigenvalue weighted by Gasteiger charge is -2.03. The third kappa shape index (κ3) is 2.11. The third-order valence-corrected chi connectivity index (χ3v) is 2.82. The van der Waals surface area contributed by atoms with E-state index < -0.39 is 0 Å². The summed E-state index contributed by atoms with van der Waals surface area (Å²) < 4.78 is 0. The molecule has 11 heavy (non-hydrogen) atoms. The molecule has 0 N–H and O–H groups in total. The summed E-state index contributed by atoms with van der Waals surface area (Å²) in [5.41, 5.74) is 2.08. The van der Waals surface area contributed by atoms with Gasteiger partial charge in [0, 0.05) is 16.2 Å². The average Bonchev–Trinajstić information content (AvgIpc) is 2.05. The zero-order chi connectivity index (χ0) is 8.27. The largest absolute Gasteiger partial charge is 0.121 e. The molecule has 0 radical (unpaired) electrons. The van der Waals surface area contributed by atoms with Crippen LogP contribution in [0, 0.1) is 0 Å². The predicted molar refractivity (Wildman–Crippen MR) is 53.6 cm³/mol. The Bertz CT molecular complexity index is 226. The Morgan fingerprint density at radius 2 is 1.91 bits per heavy atom. The molecule has 0 aliphatic carbocycles. The van der Waals surface area contributed by atoms with Gasteiger partial charge < -0.3 is 0 Å². The van der Waals surface area contributed by atoms with Crippen LogP contribution in [0.3, 0.4) is 0 Å². The second kappa shape index (κ2) is 4.34.